The van der Waals surface area contributed by atoms with Gasteiger partial charge in [0.15, 0.2) is 0 Å². The van der Waals surface area contributed by atoms with Crippen molar-refractivity contribution in [2.24, 2.45) is 0 Å². The first-order valence-corrected chi connectivity index (χ1v) is 10.5. The van der Waals surface area contributed by atoms with Crippen molar-refractivity contribution in [3.63, 3.8) is 0 Å². The van der Waals surface area contributed by atoms with E-state index in [9.17, 15) is 13.2 Å². The Balaban J connectivity index is 2.21. The Morgan fingerprint density at radius 2 is 1.89 bits per heavy atom. The van der Waals surface area contributed by atoms with E-state index in [1.54, 1.807) is 55.3 Å². The molecule has 2 rings (SSSR count). The summed E-state index contributed by atoms with van der Waals surface area (Å²) in [6.07, 6.45) is 1.56. The van der Waals surface area contributed by atoms with Gasteiger partial charge in [0.2, 0.25) is 0 Å². The summed E-state index contributed by atoms with van der Waals surface area (Å²) < 4.78 is 34.5. The summed E-state index contributed by atoms with van der Waals surface area (Å²) in [7, 11) is -3.69. The summed E-state index contributed by atoms with van der Waals surface area (Å²) in [6, 6.07) is 10.0. The van der Waals surface area contributed by atoms with Gasteiger partial charge < -0.3 is 18.8 Å². The highest BCUT2D eigenvalue weighted by atomic mass is 32.2. The highest BCUT2D eigenvalue weighted by Gasteiger charge is 2.22. The third kappa shape index (κ3) is 6.60. The van der Waals surface area contributed by atoms with Crippen LogP contribution in [0, 0.1) is 0 Å². The van der Waals surface area contributed by atoms with Gasteiger partial charge in [-0.3, -0.25) is 0 Å². The fourth-order valence-corrected chi connectivity index (χ4v) is 2.90. The van der Waals surface area contributed by atoms with Gasteiger partial charge in [0.1, 0.15) is 11.5 Å². The normalized spacial score (nSPS) is 12.1. The van der Waals surface area contributed by atoms with Gasteiger partial charge in [-0.1, -0.05) is 12.1 Å². The van der Waals surface area contributed by atoms with Gasteiger partial charge in [0.25, 0.3) is 0 Å². The third-order valence-electron chi connectivity index (χ3n) is 3.76. The largest absolute Gasteiger partial charge is 0.467 e. The summed E-state index contributed by atoms with van der Waals surface area (Å²) in [6.45, 7) is 9.37. The van der Waals surface area contributed by atoms with E-state index in [0.717, 1.165) is 5.56 Å². The number of furan rings is 1. The zero-order valence-corrected chi connectivity index (χ0v) is 17.7. The number of carbonyl (C=O) groups excluding carboxylic acids is 1. The number of urea groups is 1. The number of hydrogen-bond donors (Lipinski definition) is 1. The molecule has 0 saturated heterocycles. The van der Waals surface area contributed by atoms with E-state index in [0.29, 0.717) is 5.76 Å². The van der Waals surface area contributed by atoms with Crippen LogP contribution in [-0.4, -0.2) is 30.1 Å². The molecule has 8 heteroatoms. The van der Waals surface area contributed by atoms with Crippen molar-refractivity contribution >= 4 is 16.1 Å². The van der Waals surface area contributed by atoms with E-state index in [2.05, 4.69) is 5.32 Å². The lowest BCUT2D eigenvalue weighted by Gasteiger charge is -2.28. The average molecular weight is 409 g/mol. The molecule has 1 heterocycles. The van der Waals surface area contributed by atoms with E-state index in [1.807, 2.05) is 26.8 Å². The smallest absolute Gasteiger partial charge is 0.318 e. The van der Waals surface area contributed by atoms with Crippen LogP contribution in [0.25, 0.3) is 0 Å². The van der Waals surface area contributed by atoms with Crippen LogP contribution in [0.5, 0.6) is 5.75 Å². The van der Waals surface area contributed by atoms with Gasteiger partial charge in [-0.05, 0) is 64.4 Å². The molecule has 1 aromatic heterocycles. The molecule has 0 bridgehead atoms. The molecule has 2 amide bonds. The van der Waals surface area contributed by atoms with Crippen LogP contribution >= 0.6 is 0 Å². The second-order valence-electron chi connectivity index (χ2n) is 7.89. The van der Waals surface area contributed by atoms with Crippen LogP contribution in [0.4, 0.5) is 4.79 Å². The maximum absolute atomic E-state index is 12.7. The molecule has 1 N–H and O–H groups in total. The van der Waals surface area contributed by atoms with E-state index in [4.69, 9.17) is 8.60 Å². The van der Waals surface area contributed by atoms with Gasteiger partial charge in [-0.2, -0.15) is 8.42 Å². The van der Waals surface area contributed by atoms with E-state index < -0.39 is 20.9 Å². The van der Waals surface area contributed by atoms with Crippen LogP contribution < -0.4 is 9.50 Å². The number of carbonyl (C=O) groups is 1. The quantitative estimate of drug-likeness (QED) is 0.702. The first kappa shape index (κ1) is 21.8. The summed E-state index contributed by atoms with van der Waals surface area (Å²) in [5.41, 5.74) is 0.349. The van der Waals surface area contributed by atoms with Gasteiger partial charge in [-0.25, -0.2) is 4.79 Å². The van der Waals surface area contributed by atoms with Crippen molar-refractivity contribution in [1.29, 1.82) is 0 Å². The molecule has 2 aromatic rings. The Hall–Kier alpha value is -2.48. The van der Waals surface area contributed by atoms with Crippen molar-refractivity contribution in [3.05, 3.63) is 54.0 Å². The summed E-state index contributed by atoms with van der Waals surface area (Å²) in [4.78, 5) is 14.3. The lowest BCUT2D eigenvalue weighted by molar-refractivity contribution is 0.178. The minimum Gasteiger partial charge on any atom is -0.467 e. The van der Waals surface area contributed by atoms with Crippen molar-refractivity contribution in [2.45, 2.75) is 58.5 Å². The maximum Gasteiger partial charge on any atom is 0.318 e. The van der Waals surface area contributed by atoms with Crippen molar-refractivity contribution in [2.75, 3.05) is 0 Å². The van der Waals surface area contributed by atoms with Crippen LogP contribution in [0.3, 0.4) is 0 Å². The lowest BCUT2D eigenvalue weighted by Crippen LogP contribution is -2.47. The number of hydrogen-bond acceptors (Lipinski definition) is 5. The average Bonchev–Trinajstić information content (AvgIpc) is 3.05. The Labute approximate surface area is 166 Å². The van der Waals surface area contributed by atoms with E-state index in [1.165, 1.54) is 0 Å². The Morgan fingerprint density at radius 1 is 1.18 bits per heavy atom. The Kier molecular flexibility index (Phi) is 6.77. The van der Waals surface area contributed by atoms with Crippen LogP contribution in [0.2, 0.25) is 0 Å². The monoisotopic (exact) mass is 408 g/mol. The Morgan fingerprint density at radius 3 is 2.46 bits per heavy atom. The first-order valence-electron chi connectivity index (χ1n) is 9.08. The van der Waals surface area contributed by atoms with Crippen molar-refractivity contribution in [1.82, 2.24) is 10.2 Å². The molecule has 0 spiro atoms. The highest BCUT2D eigenvalue weighted by molar-refractivity contribution is 7.87. The van der Waals surface area contributed by atoms with Gasteiger partial charge >= 0.3 is 16.1 Å². The molecule has 28 heavy (non-hydrogen) atoms. The number of nitrogens with one attached hydrogen (secondary N) is 1. The molecular formula is C20H28N2O5S. The van der Waals surface area contributed by atoms with Crippen molar-refractivity contribution in [3.8, 4) is 5.75 Å². The minimum absolute atomic E-state index is 0.223. The molecule has 7 nitrogen and oxygen atoms in total. The molecule has 0 radical (unpaired) electrons. The molecule has 0 unspecified atom stereocenters. The first-order chi connectivity index (χ1) is 13.0. The minimum atomic E-state index is -3.69. The fourth-order valence-electron chi connectivity index (χ4n) is 2.34. The van der Waals surface area contributed by atoms with Crippen LogP contribution in [-0.2, 0) is 23.2 Å². The number of nitrogens with zero attached hydrogens (tertiary/aromatic N) is 1. The third-order valence-corrected chi connectivity index (χ3v) is 5.34. The maximum atomic E-state index is 12.7. The molecule has 0 aliphatic carbocycles. The standard InChI is InChI=1S/C20H28N2O5S/c1-15(2)28(24,25)27-17-9-6-8-16(12-17)13-22(14-18-10-7-11-26-18)19(23)21-20(3,4)5/h6-12,15H,13-14H2,1-5H3,(H,21,23). The Bertz CT molecular complexity index is 884. The van der Waals surface area contributed by atoms with Crippen molar-refractivity contribution < 1.29 is 21.8 Å². The van der Waals surface area contributed by atoms with Crippen LogP contribution in [0.15, 0.2) is 47.1 Å². The van der Waals surface area contributed by atoms with Gasteiger partial charge in [0.05, 0.1) is 18.1 Å². The van der Waals surface area contributed by atoms with E-state index >= 15 is 0 Å². The second kappa shape index (κ2) is 8.68. The fraction of sp³-hybridized carbons (Fsp3) is 0.450. The zero-order chi connectivity index (χ0) is 20.9. The summed E-state index contributed by atoms with van der Waals surface area (Å²) in [5, 5.41) is 2.29. The van der Waals surface area contributed by atoms with Crippen LogP contribution in [0.1, 0.15) is 45.9 Å². The molecule has 154 valence electrons. The molecular weight excluding hydrogens is 380 g/mol. The molecule has 0 fully saturated rings. The molecule has 0 atom stereocenters. The van der Waals surface area contributed by atoms with Gasteiger partial charge in [0, 0.05) is 12.1 Å². The van der Waals surface area contributed by atoms with Gasteiger partial charge in [-0.15, -0.1) is 0 Å². The number of rotatable bonds is 7. The lowest BCUT2D eigenvalue weighted by atomic mass is 10.1. The number of benzene rings is 1. The summed E-state index contributed by atoms with van der Waals surface area (Å²) in [5.74, 6) is 0.874. The zero-order valence-electron chi connectivity index (χ0n) is 16.9. The topological polar surface area (TPSA) is 88.9 Å². The predicted octanol–water partition coefficient (Wildman–Crippen LogP) is 3.91. The molecule has 0 saturated carbocycles. The highest BCUT2D eigenvalue weighted by Crippen LogP contribution is 2.20. The summed E-state index contributed by atoms with van der Waals surface area (Å²) >= 11 is 0. The molecule has 0 aliphatic heterocycles. The molecule has 0 aliphatic rings. The second-order valence-corrected chi connectivity index (χ2v) is 9.98. The SMILES string of the molecule is CC(C)S(=O)(=O)Oc1cccc(CN(Cc2ccco2)C(=O)NC(C)(C)C)c1. The van der Waals surface area contributed by atoms with E-state index in [-0.39, 0.29) is 24.9 Å². The number of amides is 2. The molecule has 1 aromatic carbocycles. The predicted molar refractivity (Wildman–Crippen MR) is 107 cm³/mol.